The minimum Gasteiger partial charge on any atom is -0.619 e. The Hall–Kier alpha value is -12.0. The van der Waals surface area contributed by atoms with Gasteiger partial charge in [0.1, 0.15) is 0 Å². The summed E-state index contributed by atoms with van der Waals surface area (Å²) < 4.78 is 15.2. The van der Waals surface area contributed by atoms with Gasteiger partial charge in [0, 0.05) is 178 Å². The molecule has 0 amide bonds. The number of nitrogens with zero attached hydrogens (tertiary/aromatic N) is 23. The second-order valence-electron chi connectivity index (χ2n) is 30.0. The molecule has 0 bridgehead atoms. The summed E-state index contributed by atoms with van der Waals surface area (Å²) in [6.45, 7) is 17.1. The van der Waals surface area contributed by atoms with Gasteiger partial charge in [0.15, 0.2) is 66.0 Å². The highest BCUT2D eigenvalue weighted by Gasteiger charge is 2.31. The third kappa shape index (κ3) is 21.1. The van der Waals surface area contributed by atoms with E-state index in [9.17, 15) is 41.3 Å². The quantitative estimate of drug-likeness (QED) is 0.0190. The molecule has 16 rings (SSSR count). The van der Waals surface area contributed by atoms with Crippen LogP contribution < -0.4 is 70.3 Å². The minimum absolute atomic E-state index is 0.117. The van der Waals surface area contributed by atoms with Crippen LogP contribution in [0.3, 0.4) is 0 Å². The van der Waals surface area contributed by atoms with Gasteiger partial charge < -0.3 is 92.6 Å². The second kappa shape index (κ2) is 41.4. The number of fused-ring (bicyclic) bond motifs is 4. The maximum Gasteiger partial charge on any atom is 0.379 e. The van der Waals surface area contributed by atoms with Gasteiger partial charge in [0.2, 0.25) is 47.6 Å². The molecular weight excluding hydrogens is 1520 g/mol. The number of rotatable bonds is 30. The average molecular weight is 1630 g/mol. The molecule has 3 saturated heterocycles. The van der Waals surface area contributed by atoms with Crippen LogP contribution in [0.15, 0.2) is 117 Å². The normalized spacial score (nSPS) is 17.5. The number of nitrogens with one attached hydrogen (secondary N) is 6. The van der Waals surface area contributed by atoms with Crippen molar-refractivity contribution in [2.75, 3.05) is 107 Å². The van der Waals surface area contributed by atoms with Gasteiger partial charge in [-0.2, -0.15) is 92.5 Å². The zero-order valence-electron chi connectivity index (χ0n) is 68.4. The summed E-state index contributed by atoms with van der Waals surface area (Å²) in [5, 5.41) is 123. The van der Waals surface area contributed by atoms with Crippen molar-refractivity contribution < 1.29 is 44.1 Å². The number of aliphatic hydroxyl groups excluding tert-OH is 4. The van der Waals surface area contributed by atoms with Crippen LogP contribution in [0.5, 0.6) is 5.88 Å². The first-order chi connectivity index (χ1) is 58.2. The third-order valence-electron chi connectivity index (χ3n) is 22.0. The Morgan fingerprint density at radius 3 is 1.24 bits per heavy atom. The van der Waals surface area contributed by atoms with Gasteiger partial charge in [-0.05, 0) is 128 Å². The zero-order valence-corrected chi connectivity index (χ0v) is 68.4. The molecule has 0 unspecified atom stereocenters. The molecule has 4 aliphatic rings. The number of piperazine rings is 1. The third-order valence-corrected chi connectivity index (χ3v) is 22.0. The van der Waals surface area contributed by atoms with Crippen LogP contribution >= 0.6 is 0 Å². The zero-order chi connectivity index (χ0) is 83.2. The summed E-state index contributed by atoms with van der Waals surface area (Å²) in [5.74, 6) is 5.29. The monoisotopic (exact) mass is 1630 g/mol. The van der Waals surface area contributed by atoms with Crippen LogP contribution in [-0.4, -0.2) is 189 Å². The standard InChI is InChI=1S/C22H31N7O3.2C20H27N7O2.C19H26N8O2/c1-3-17-14-24-29-20(17)25-22(27-11-6-5-7-18(27)10-12-30)26-21(29)23-13-16-8-9-19(32-4-2)28(31)15-16;1-2-16-13-22-27-18(16)23-20(26-10-4-3-7-17(26)8-11-28)24-19(27)21-12-15-6-5-9-25(29)14-15;1-2-15-11-22-27-18(15)24-19(23-17-8-4-3-7-16(17)13-28)25-20(27)21-10-14-6-5-9-26(29)12-14;1-2-15-11-22-27-17(15)23-19(26-8-6-20-12-16(26)5-9-28)24-18(27)21-10-14-4-3-7-25(29)13-14/h8-9,14-15,18,30H,3-7,10-13H2,1-2H3,(H,23,25,26);5-6,9,13-14,17,28H,2-4,7-8,10-12H2,1H3,(H,21,23,24);5-6,9,11-12,16-17,28H,2-4,7-8,10,13H2,1H3,(H2,21,23,24,25);3-4,7,11,13,16,20,28H,2,5-6,8-10,12H2,1H3,(H,21,23,24)/t18-;17-;16-,17-;16-/m0111/s1. The predicted molar refractivity (Wildman–Crippen MR) is 448 cm³/mol. The number of ether oxygens (including phenoxy) is 1. The van der Waals surface area contributed by atoms with E-state index in [1.807, 2.05) is 56.0 Å². The van der Waals surface area contributed by atoms with Crippen LogP contribution in [-0.2, 0) is 51.9 Å². The summed E-state index contributed by atoms with van der Waals surface area (Å²) in [6, 6.07) is 15.1. The Morgan fingerprint density at radius 2 is 0.840 bits per heavy atom. The smallest absolute Gasteiger partial charge is 0.379 e. The maximum absolute atomic E-state index is 12.1. The van der Waals surface area contributed by atoms with E-state index in [2.05, 4.69) is 99.7 Å². The molecule has 12 aromatic heterocycles. The highest BCUT2D eigenvalue weighted by Crippen LogP contribution is 2.32. The van der Waals surface area contributed by atoms with E-state index < -0.39 is 0 Å². The van der Waals surface area contributed by atoms with Gasteiger partial charge in [-0.3, -0.25) is 0 Å². The molecule has 15 heterocycles. The highest BCUT2D eigenvalue weighted by atomic mass is 16.5. The first kappa shape index (κ1) is 84.9. The van der Waals surface area contributed by atoms with Crippen LogP contribution in [0.2, 0.25) is 0 Å². The number of hydrogen-bond donors (Lipinski definition) is 10. The lowest BCUT2D eigenvalue weighted by Crippen LogP contribution is -2.52. The van der Waals surface area contributed by atoms with Crippen molar-refractivity contribution in [2.45, 2.75) is 194 Å². The number of aromatic nitrogens is 20. The summed E-state index contributed by atoms with van der Waals surface area (Å²) >= 11 is 0. The van der Waals surface area contributed by atoms with Crippen molar-refractivity contribution in [3.63, 3.8) is 0 Å². The number of aliphatic hydroxyl groups is 4. The highest BCUT2D eigenvalue weighted by molar-refractivity contribution is 5.59. The van der Waals surface area contributed by atoms with E-state index in [0.717, 1.165) is 209 Å². The Morgan fingerprint density at radius 1 is 0.445 bits per heavy atom. The van der Waals surface area contributed by atoms with Gasteiger partial charge in [0.25, 0.3) is 0 Å². The van der Waals surface area contributed by atoms with Crippen LogP contribution in [0.25, 0.3) is 22.6 Å². The van der Waals surface area contributed by atoms with Crippen LogP contribution in [0.1, 0.15) is 163 Å². The Labute approximate surface area is 689 Å². The lowest BCUT2D eigenvalue weighted by Gasteiger charge is -2.36. The lowest BCUT2D eigenvalue weighted by molar-refractivity contribution is -0.613. The molecule has 634 valence electrons. The topological polar surface area (TPSA) is 452 Å². The number of hydrogen-bond acceptors (Lipinski definition) is 30. The summed E-state index contributed by atoms with van der Waals surface area (Å²) in [6.07, 6.45) is 33.9. The van der Waals surface area contributed by atoms with Gasteiger partial charge in [-0.25, -0.2) is 0 Å². The molecule has 38 nitrogen and oxygen atoms in total. The molecule has 12 aromatic rings. The lowest BCUT2D eigenvalue weighted by atomic mass is 9.85. The molecule has 0 spiro atoms. The molecule has 0 radical (unpaired) electrons. The van der Waals surface area contributed by atoms with Crippen molar-refractivity contribution in [2.24, 2.45) is 5.92 Å². The average Bonchev–Trinajstić information content (AvgIpc) is 1.68. The number of anilines is 8. The molecule has 1 saturated carbocycles. The molecule has 38 heteroatoms. The summed E-state index contributed by atoms with van der Waals surface area (Å²) in [4.78, 5) is 44.7. The largest absolute Gasteiger partial charge is 0.619 e. The van der Waals surface area contributed by atoms with Crippen LogP contribution in [0.4, 0.5) is 47.6 Å². The van der Waals surface area contributed by atoms with Gasteiger partial charge >= 0.3 is 5.88 Å². The van der Waals surface area contributed by atoms with E-state index in [1.54, 1.807) is 42.3 Å². The fourth-order valence-corrected chi connectivity index (χ4v) is 15.6. The molecule has 10 N–H and O–H groups in total. The van der Waals surface area contributed by atoms with E-state index in [1.165, 1.54) is 43.4 Å². The Kier molecular flexibility index (Phi) is 29.5. The molecule has 5 atom stereocenters. The van der Waals surface area contributed by atoms with Crippen molar-refractivity contribution >= 4 is 70.2 Å². The molecule has 4 fully saturated rings. The number of piperidine rings is 2. The molecule has 0 aromatic carbocycles. The maximum atomic E-state index is 12.1. The fraction of sp³-hybridized carbons (Fsp3) is 0.506. The fourth-order valence-electron chi connectivity index (χ4n) is 15.6. The molecular formula is C81H111N29O9. The molecule has 3 aliphatic heterocycles. The van der Waals surface area contributed by atoms with Crippen molar-refractivity contribution in [3.8, 4) is 5.88 Å². The van der Waals surface area contributed by atoms with Gasteiger partial charge in [-0.15, -0.1) is 4.73 Å². The summed E-state index contributed by atoms with van der Waals surface area (Å²) in [5.41, 5.74) is 10.6. The first-order valence-electron chi connectivity index (χ1n) is 41.7. The van der Waals surface area contributed by atoms with Crippen molar-refractivity contribution in [3.05, 3.63) is 182 Å². The molecule has 119 heavy (non-hydrogen) atoms. The second-order valence-corrected chi connectivity index (χ2v) is 30.0. The first-order valence-corrected chi connectivity index (χ1v) is 41.7. The van der Waals surface area contributed by atoms with Gasteiger partial charge in [0.05, 0.1) is 37.5 Å². The number of pyridine rings is 4. The van der Waals surface area contributed by atoms with Crippen LogP contribution in [0, 0.1) is 26.7 Å². The van der Waals surface area contributed by atoms with E-state index in [0.29, 0.717) is 99.6 Å². The van der Waals surface area contributed by atoms with E-state index in [4.69, 9.17) is 39.6 Å². The SMILES string of the molecule is CCOc1ccc(CNc2nc(N3CCCC[C@H]3CCO)nc3c(CC)cnn23)c[n+]1[O-].CCc1cnn2c(NCc3ccc[n+]([O-])c3)nc(N3CCCC[C@@H]3CCO)nc12.CCc1cnn2c(NCc3ccc[n+]([O-])c3)nc(N3CCNC[C@H]3CCO)nc12.CCc1cnn2c(NCc3ccc[n+]([O-])c3)nc(N[C@@H]3CCCC[C@@H]3CO)nc12. The van der Waals surface area contributed by atoms with Crippen molar-refractivity contribution in [1.29, 1.82) is 0 Å². The Balaban J connectivity index is 0.000000137. The van der Waals surface area contributed by atoms with E-state index in [-0.39, 0.29) is 62.4 Å². The van der Waals surface area contributed by atoms with E-state index >= 15 is 0 Å². The minimum atomic E-state index is 0.117. The Bertz CT molecular complexity index is 5090. The van der Waals surface area contributed by atoms with Crippen molar-refractivity contribution in [1.82, 2.24) is 83.6 Å². The number of aryl methyl sites for hydroxylation is 4. The van der Waals surface area contributed by atoms with Gasteiger partial charge in [-0.1, -0.05) is 40.5 Å². The predicted octanol–water partition coefficient (Wildman–Crippen LogP) is 5.73. The molecule has 1 aliphatic carbocycles. The summed E-state index contributed by atoms with van der Waals surface area (Å²) in [7, 11) is 0.